The molecule has 0 aliphatic rings. The van der Waals surface area contributed by atoms with E-state index in [0.29, 0.717) is 5.82 Å². The normalized spacial score (nSPS) is 12.4. The number of aromatic nitrogens is 2. The van der Waals surface area contributed by atoms with Gasteiger partial charge < -0.3 is 4.98 Å². The van der Waals surface area contributed by atoms with Crippen molar-refractivity contribution >= 4 is 31.6 Å². The third-order valence-electron chi connectivity index (χ3n) is 2.50. The van der Waals surface area contributed by atoms with Gasteiger partial charge >= 0.3 is 6.18 Å². The van der Waals surface area contributed by atoms with E-state index < -0.39 is 27.5 Å². The van der Waals surface area contributed by atoms with Gasteiger partial charge in [-0.2, -0.15) is 21.6 Å². The quantitative estimate of drug-likeness (QED) is 0.853. The molecule has 1 heterocycles. The van der Waals surface area contributed by atoms with Crippen LogP contribution in [0.4, 0.5) is 18.9 Å². The molecule has 1 aromatic heterocycles. The van der Waals surface area contributed by atoms with Gasteiger partial charge in [0.25, 0.3) is 10.0 Å². The Morgan fingerprint density at radius 1 is 1.33 bits per heavy atom. The van der Waals surface area contributed by atoms with Crippen LogP contribution in [0.25, 0.3) is 0 Å². The van der Waals surface area contributed by atoms with Crippen LogP contribution in [0.3, 0.4) is 0 Å². The number of H-pyrrole nitrogens is 1. The van der Waals surface area contributed by atoms with E-state index in [2.05, 4.69) is 25.9 Å². The molecule has 2 rings (SSSR count). The minimum absolute atomic E-state index is 0.190. The Morgan fingerprint density at radius 2 is 2.00 bits per heavy atom. The molecule has 0 fully saturated rings. The number of nitrogens with one attached hydrogen (secondary N) is 2. The molecule has 5 nitrogen and oxygen atoms in total. The van der Waals surface area contributed by atoms with Crippen LogP contribution < -0.4 is 4.72 Å². The lowest BCUT2D eigenvalue weighted by molar-refractivity contribution is -0.136. The molecule has 0 spiro atoms. The van der Waals surface area contributed by atoms with Gasteiger partial charge in [0.15, 0.2) is 5.03 Å². The number of rotatable bonds is 3. The van der Waals surface area contributed by atoms with Crippen LogP contribution in [0.5, 0.6) is 0 Å². The standard InChI is InChI=1S/C11H9BrF3N3O2S/c1-6-16-5-10(17-6)21(19,20)18-9-3-2-7(12)4-8(9)11(13,14)15/h2-5,18H,1H3,(H,16,17). The van der Waals surface area contributed by atoms with Gasteiger partial charge in [-0.1, -0.05) is 15.9 Å². The van der Waals surface area contributed by atoms with Gasteiger partial charge in [0, 0.05) is 4.47 Å². The Labute approximate surface area is 126 Å². The summed E-state index contributed by atoms with van der Waals surface area (Å²) in [6.07, 6.45) is -3.66. The number of hydrogen-bond acceptors (Lipinski definition) is 3. The number of sulfonamides is 1. The summed E-state index contributed by atoms with van der Waals surface area (Å²) in [7, 11) is -4.17. The van der Waals surface area contributed by atoms with Gasteiger partial charge in [0.2, 0.25) is 0 Å². The van der Waals surface area contributed by atoms with E-state index in [1.54, 1.807) is 0 Å². The summed E-state index contributed by atoms with van der Waals surface area (Å²) >= 11 is 2.92. The summed E-state index contributed by atoms with van der Waals surface area (Å²) in [5.74, 6) is 0.335. The molecule has 0 aliphatic carbocycles. The van der Waals surface area contributed by atoms with E-state index in [9.17, 15) is 21.6 Å². The van der Waals surface area contributed by atoms with Crippen LogP contribution in [0.15, 0.2) is 33.9 Å². The molecule has 0 atom stereocenters. The van der Waals surface area contributed by atoms with Crippen molar-refractivity contribution in [3.63, 3.8) is 0 Å². The van der Waals surface area contributed by atoms with Gasteiger partial charge in [0.1, 0.15) is 5.82 Å². The van der Waals surface area contributed by atoms with Crippen LogP contribution in [-0.4, -0.2) is 18.4 Å². The first-order valence-electron chi connectivity index (χ1n) is 5.51. The number of benzene rings is 1. The molecule has 114 valence electrons. The van der Waals surface area contributed by atoms with E-state index >= 15 is 0 Å². The Kier molecular flexibility index (Phi) is 4.02. The number of halogens is 4. The van der Waals surface area contributed by atoms with E-state index in [-0.39, 0.29) is 9.50 Å². The molecule has 0 saturated heterocycles. The van der Waals surface area contributed by atoms with Gasteiger partial charge in [-0.3, -0.25) is 4.72 Å². The Balaban J connectivity index is 2.45. The molecular formula is C11H9BrF3N3O2S. The number of alkyl halides is 3. The SMILES string of the molecule is Cc1ncc(S(=O)(=O)Nc2ccc(Br)cc2C(F)(F)F)[nH]1. The second kappa shape index (κ2) is 5.34. The average Bonchev–Trinajstić information content (AvgIpc) is 2.77. The molecule has 0 unspecified atom stereocenters. The van der Waals surface area contributed by atoms with Crippen molar-refractivity contribution in [2.75, 3.05) is 4.72 Å². The number of aromatic amines is 1. The minimum atomic E-state index is -4.69. The lowest BCUT2D eigenvalue weighted by Crippen LogP contribution is -2.17. The minimum Gasteiger partial charge on any atom is -0.332 e. The van der Waals surface area contributed by atoms with Crippen molar-refractivity contribution in [3.05, 3.63) is 40.3 Å². The first kappa shape index (κ1) is 15.8. The second-order valence-corrected chi connectivity index (χ2v) is 6.69. The van der Waals surface area contributed by atoms with Crippen LogP contribution in [0.2, 0.25) is 0 Å². The topological polar surface area (TPSA) is 74.8 Å². The first-order chi connectivity index (χ1) is 9.59. The van der Waals surface area contributed by atoms with Gasteiger partial charge in [-0.25, -0.2) is 4.98 Å². The van der Waals surface area contributed by atoms with Crippen molar-refractivity contribution in [1.29, 1.82) is 0 Å². The molecule has 0 radical (unpaired) electrons. The summed E-state index contributed by atoms with van der Waals surface area (Å²) in [5.41, 5.74) is -1.64. The molecule has 0 aliphatic heterocycles. The van der Waals surface area contributed by atoms with E-state index in [1.165, 1.54) is 13.0 Å². The lowest BCUT2D eigenvalue weighted by Gasteiger charge is -2.14. The first-order valence-corrected chi connectivity index (χ1v) is 7.78. The van der Waals surface area contributed by atoms with Gasteiger partial charge in [-0.15, -0.1) is 0 Å². The largest absolute Gasteiger partial charge is 0.418 e. The van der Waals surface area contributed by atoms with Crippen molar-refractivity contribution < 1.29 is 21.6 Å². The predicted octanol–water partition coefficient (Wildman–Crippen LogP) is 3.30. The highest BCUT2D eigenvalue weighted by Crippen LogP contribution is 2.37. The molecule has 21 heavy (non-hydrogen) atoms. The number of nitrogens with zero attached hydrogens (tertiary/aromatic N) is 1. The smallest absolute Gasteiger partial charge is 0.332 e. The van der Waals surface area contributed by atoms with Gasteiger partial charge in [-0.05, 0) is 25.1 Å². The lowest BCUT2D eigenvalue weighted by atomic mass is 10.2. The molecule has 0 amide bonds. The summed E-state index contributed by atoms with van der Waals surface area (Å²) in [6.45, 7) is 1.53. The van der Waals surface area contributed by atoms with Gasteiger partial charge in [0.05, 0.1) is 17.4 Å². The molecular weight excluding hydrogens is 375 g/mol. The summed E-state index contributed by atoms with van der Waals surface area (Å²) in [4.78, 5) is 6.16. The molecule has 2 aromatic rings. The Bertz CT molecular complexity index is 771. The van der Waals surface area contributed by atoms with E-state index in [0.717, 1.165) is 18.3 Å². The van der Waals surface area contributed by atoms with Crippen LogP contribution in [-0.2, 0) is 16.2 Å². The fourth-order valence-corrected chi connectivity index (χ4v) is 2.99. The maximum Gasteiger partial charge on any atom is 0.418 e. The zero-order valence-electron chi connectivity index (χ0n) is 10.5. The molecule has 0 saturated carbocycles. The van der Waals surface area contributed by atoms with Crippen molar-refractivity contribution in [2.24, 2.45) is 0 Å². The number of hydrogen-bond donors (Lipinski definition) is 2. The van der Waals surface area contributed by atoms with E-state index in [1.807, 2.05) is 4.72 Å². The predicted molar refractivity (Wildman–Crippen MR) is 73.3 cm³/mol. The molecule has 1 aromatic carbocycles. The zero-order valence-corrected chi connectivity index (χ0v) is 12.9. The Hall–Kier alpha value is -1.55. The summed E-state index contributed by atoms with van der Waals surface area (Å²) in [5, 5.41) is -0.309. The van der Waals surface area contributed by atoms with Crippen LogP contribution in [0.1, 0.15) is 11.4 Å². The van der Waals surface area contributed by atoms with Crippen molar-refractivity contribution in [2.45, 2.75) is 18.1 Å². The fraction of sp³-hybridized carbons (Fsp3) is 0.182. The fourth-order valence-electron chi connectivity index (χ4n) is 1.57. The van der Waals surface area contributed by atoms with Crippen molar-refractivity contribution in [1.82, 2.24) is 9.97 Å². The highest BCUT2D eigenvalue weighted by atomic mass is 79.9. The maximum absolute atomic E-state index is 12.9. The second-order valence-electron chi connectivity index (χ2n) is 4.13. The molecule has 0 bridgehead atoms. The monoisotopic (exact) mass is 383 g/mol. The highest BCUT2D eigenvalue weighted by molar-refractivity contribution is 9.10. The van der Waals surface area contributed by atoms with Crippen LogP contribution in [0, 0.1) is 6.92 Å². The zero-order chi connectivity index (χ0) is 15.8. The number of imidazole rings is 1. The summed E-state index contributed by atoms with van der Waals surface area (Å²) in [6, 6.07) is 3.15. The maximum atomic E-state index is 12.9. The van der Waals surface area contributed by atoms with Crippen molar-refractivity contribution in [3.8, 4) is 0 Å². The average molecular weight is 384 g/mol. The summed E-state index contributed by atoms with van der Waals surface area (Å²) < 4.78 is 64.9. The number of aryl methyl sites for hydroxylation is 1. The Morgan fingerprint density at radius 3 is 2.52 bits per heavy atom. The third-order valence-corrected chi connectivity index (χ3v) is 4.27. The number of anilines is 1. The highest BCUT2D eigenvalue weighted by Gasteiger charge is 2.35. The van der Waals surface area contributed by atoms with E-state index in [4.69, 9.17) is 0 Å². The molecule has 10 heteroatoms. The third kappa shape index (κ3) is 3.56. The molecule has 2 N–H and O–H groups in total. The van der Waals surface area contributed by atoms with Crippen LogP contribution >= 0.6 is 15.9 Å².